The topological polar surface area (TPSA) is 99.2 Å². The van der Waals surface area contributed by atoms with Crippen molar-refractivity contribution in [1.29, 1.82) is 0 Å². The second-order valence-corrected chi connectivity index (χ2v) is 10.2. The van der Waals surface area contributed by atoms with Gasteiger partial charge in [0, 0.05) is 24.3 Å². The van der Waals surface area contributed by atoms with Crippen LogP contribution in [0.5, 0.6) is 5.75 Å². The molecule has 9 heteroatoms. The normalized spacial score (nSPS) is 11.3. The van der Waals surface area contributed by atoms with Crippen LogP contribution in [-0.4, -0.2) is 49.5 Å². The molecular formula is C31H33NO7S. The Bertz CT molecular complexity index is 1290. The van der Waals surface area contributed by atoms with E-state index in [2.05, 4.69) is 0 Å². The number of esters is 2. The highest BCUT2D eigenvalue weighted by atomic mass is 32.2. The second-order valence-electron chi connectivity index (χ2n) is 9.00. The third kappa shape index (κ3) is 9.27. The maximum Gasteiger partial charge on any atom is 0.337 e. The number of hydrogen-bond acceptors (Lipinski definition) is 8. The van der Waals surface area contributed by atoms with Gasteiger partial charge in [-0.1, -0.05) is 54.2 Å². The molecule has 0 saturated carbocycles. The molecule has 3 aromatic rings. The lowest BCUT2D eigenvalue weighted by Crippen LogP contribution is -2.41. The fraction of sp³-hybridized carbons (Fsp3) is 0.290. The smallest absolute Gasteiger partial charge is 0.337 e. The van der Waals surface area contributed by atoms with Crippen LogP contribution in [0.25, 0.3) is 0 Å². The summed E-state index contributed by atoms with van der Waals surface area (Å²) in [6, 6.07) is 23.6. The van der Waals surface area contributed by atoms with Crippen molar-refractivity contribution >= 4 is 40.4 Å². The zero-order chi connectivity index (χ0) is 28.9. The van der Waals surface area contributed by atoms with Gasteiger partial charge >= 0.3 is 11.9 Å². The van der Waals surface area contributed by atoms with Gasteiger partial charge in [0.15, 0.2) is 5.12 Å². The summed E-state index contributed by atoms with van der Waals surface area (Å²) in [6.07, 6.45) is 1.18. The molecule has 0 spiro atoms. The number of nitrogens with zero attached hydrogens (tertiary/aromatic N) is 1. The number of benzene rings is 3. The van der Waals surface area contributed by atoms with Crippen molar-refractivity contribution in [3.8, 4) is 5.75 Å². The van der Waals surface area contributed by atoms with Crippen LogP contribution in [-0.2, 0) is 36.9 Å². The minimum Gasteiger partial charge on any atom is -0.489 e. The summed E-state index contributed by atoms with van der Waals surface area (Å²) < 4.78 is 15.5. The summed E-state index contributed by atoms with van der Waals surface area (Å²) in [5.74, 6) is -0.874. The molecule has 1 amide bonds. The number of carbonyl (C=O) groups excluding carboxylic acids is 4. The number of amides is 1. The van der Waals surface area contributed by atoms with E-state index >= 15 is 0 Å². The number of anilines is 1. The predicted octanol–water partition coefficient (Wildman–Crippen LogP) is 5.09. The summed E-state index contributed by atoms with van der Waals surface area (Å²) in [5, 5.41) is -0.0735. The molecule has 0 aliphatic rings. The van der Waals surface area contributed by atoms with Crippen molar-refractivity contribution in [2.24, 2.45) is 5.92 Å². The Morgan fingerprint density at radius 3 is 2.20 bits per heavy atom. The second kappa shape index (κ2) is 15.5. The first-order chi connectivity index (χ1) is 19.3. The number of methoxy groups -OCH3 is 2. The van der Waals surface area contributed by atoms with Crippen molar-refractivity contribution in [1.82, 2.24) is 0 Å². The van der Waals surface area contributed by atoms with Crippen molar-refractivity contribution < 1.29 is 33.4 Å². The van der Waals surface area contributed by atoms with E-state index in [1.54, 1.807) is 42.5 Å². The quantitative estimate of drug-likeness (QED) is 0.265. The molecule has 210 valence electrons. The third-order valence-electron chi connectivity index (χ3n) is 6.14. The van der Waals surface area contributed by atoms with Gasteiger partial charge in [0.05, 0.1) is 19.8 Å². The standard InChI is InChI=1S/C31H33NO7S/c1-22(33)40-21-26(13-12-23-8-5-4-6-9-23)30(35)32(19-29(34)37-2)27-14-16-28(17-15-27)39-20-24-10-7-11-25(18-24)31(36)38-3/h4-11,14-18,26H,12-13,19-21H2,1-3H3/t26-/m0/s1. The van der Waals surface area contributed by atoms with Gasteiger partial charge in [-0.05, 0) is 60.4 Å². The molecule has 0 aliphatic carbocycles. The summed E-state index contributed by atoms with van der Waals surface area (Å²) in [7, 11) is 2.60. The Morgan fingerprint density at radius 2 is 1.55 bits per heavy atom. The Balaban J connectivity index is 1.76. The molecule has 0 heterocycles. The van der Waals surface area contributed by atoms with Crippen LogP contribution in [0.2, 0.25) is 0 Å². The molecule has 0 unspecified atom stereocenters. The lowest BCUT2D eigenvalue weighted by atomic mass is 9.99. The van der Waals surface area contributed by atoms with E-state index in [-0.39, 0.29) is 24.2 Å². The minimum atomic E-state index is -0.555. The molecule has 0 radical (unpaired) electrons. The molecule has 1 atom stereocenters. The van der Waals surface area contributed by atoms with Gasteiger partial charge in [0.25, 0.3) is 0 Å². The van der Waals surface area contributed by atoms with Crippen LogP contribution >= 0.6 is 11.8 Å². The maximum atomic E-state index is 13.8. The summed E-state index contributed by atoms with van der Waals surface area (Å²) in [5.41, 5.74) is 2.82. The van der Waals surface area contributed by atoms with Crippen molar-refractivity contribution in [3.63, 3.8) is 0 Å². The molecule has 0 saturated heterocycles. The van der Waals surface area contributed by atoms with Crippen molar-refractivity contribution in [2.45, 2.75) is 26.4 Å². The van der Waals surface area contributed by atoms with Gasteiger partial charge < -0.3 is 19.1 Å². The van der Waals surface area contributed by atoms with Crippen LogP contribution < -0.4 is 9.64 Å². The van der Waals surface area contributed by atoms with Crippen LogP contribution in [0.15, 0.2) is 78.9 Å². The van der Waals surface area contributed by atoms with Crippen LogP contribution in [0.1, 0.15) is 34.8 Å². The van der Waals surface area contributed by atoms with Gasteiger partial charge in [-0.3, -0.25) is 14.4 Å². The minimum absolute atomic E-state index is 0.0735. The highest BCUT2D eigenvalue weighted by molar-refractivity contribution is 8.13. The Hall–Kier alpha value is -4.11. The largest absolute Gasteiger partial charge is 0.489 e. The van der Waals surface area contributed by atoms with Gasteiger partial charge in [0.1, 0.15) is 18.9 Å². The fourth-order valence-corrected chi connectivity index (χ4v) is 4.73. The van der Waals surface area contributed by atoms with Crippen LogP contribution in [0.3, 0.4) is 0 Å². The highest BCUT2D eigenvalue weighted by Gasteiger charge is 2.28. The van der Waals surface area contributed by atoms with E-state index in [9.17, 15) is 19.2 Å². The highest BCUT2D eigenvalue weighted by Crippen LogP contribution is 2.25. The molecule has 40 heavy (non-hydrogen) atoms. The zero-order valence-corrected chi connectivity index (χ0v) is 23.6. The van der Waals surface area contributed by atoms with Crippen molar-refractivity contribution in [3.05, 3.63) is 95.6 Å². The van der Waals surface area contributed by atoms with Gasteiger partial charge in [-0.25, -0.2) is 4.79 Å². The summed E-state index contributed by atoms with van der Waals surface area (Å²) in [6.45, 7) is 1.43. The van der Waals surface area contributed by atoms with Crippen molar-refractivity contribution in [2.75, 3.05) is 31.4 Å². The number of hydrogen-bond donors (Lipinski definition) is 0. The molecule has 0 fully saturated rings. The first-order valence-corrected chi connectivity index (χ1v) is 13.7. The van der Waals surface area contributed by atoms with E-state index in [1.165, 1.54) is 26.0 Å². The molecule has 3 rings (SSSR count). The summed E-state index contributed by atoms with van der Waals surface area (Å²) >= 11 is 1.10. The lowest BCUT2D eigenvalue weighted by molar-refractivity contribution is -0.140. The Morgan fingerprint density at radius 1 is 0.850 bits per heavy atom. The average Bonchev–Trinajstić information content (AvgIpc) is 2.98. The van der Waals surface area contributed by atoms with Gasteiger partial charge in [-0.2, -0.15) is 0 Å². The molecular weight excluding hydrogens is 530 g/mol. The van der Waals surface area contributed by atoms with Crippen LogP contribution in [0.4, 0.5) is 5.69 Å². The lowest BCUT2D eigenvalue weighted by Gasteiger charge is -2.27. The van der Waals surface area contributed by atoms with Crippen LogP contribution in [0, 0.1) is 5.92 Å². The molecule has 0 N–H and O–H groups in total. The van der Waals surface area contributed by atoms with Gasteiger partial charge in [0.2, 0.25) is 5.91 Å². The number of aryl methyl sites for hydroxylation is 1. The van der Waals surface area contributed by atoms with E-state index in [4.69, 9.17) is 14.2 Å². The number of thioether (sulfide) groups is 1. The fourth-order valence-electron chi connectivity index (χ4n) is 3.99. The molecule has 0 aliphatic heterocycles. The number of rotatable bonds is 13. The van der Waals surface area contributed by atoms with Gasteiger partial charge in [-0.15, -0.1) is 0 Å². The number of carbonyl (C=O) groups is 4. The zero-order valence-electron chi connectivity index (χ0n) is 22.8. The number of ether oxygens (including phenoxy) is 3. The SMILES string of the molecule is COC(=O)CN(C(=O)[C@@H](CCc1ccccc1)CSC(C)=O)c1ccc(OCc2cccc(C(=O)OC)c2)cc1. The molecule has 0 bridgehead atoms. The predicted molar refractivity (Wildman–Crippen MR) is 154 cm³/mol. The summed E-state index contributed by atoms with van der Waals surface area (Å²) in [4.78, 5) is 50.9. The first-order valence-electron chi connectivity index (χ1n) is 12.8. The van der Waals surface area contributed by atoms with E-state index < -0.39 is 17.9 Å². The molecule has 0 aromatic heterocycles. The Labute approximate surface area is 238 Å². The Kier molecular flexibility index (Phi) is 11.8. The monoisotopic (exact) mass is 563 g/mol. The third-order valence-corrected chi connectivity index (χ3v) is 7.12. The van der Waals surface area contributed by atoms with E-state index in [1.807, 2.05) is 36.4 Å². The molecule has 3 aromatic carbocycles. The molecule has 8 nitrogen and oxygen atoms in total. The maximum absolute atomic E-state index is 13.8. The van der Waals surface area contributed by atoms with E-state index in [0.717, 1.165) is 22.9 Å². The van der Waals surface area contributed by atoms with E-state index in [0.29, 0.717) is 35.6 Å². The first kappa shape index (κ1) is 30.4. The average molecular weight is 564 g/mol.